The fraction of sp³-hybridized carbons (Fsp3) is 0.273. The highest BCUT2D eigenvalue weighted by Gasteiger charge is 2.14. The molecule has 7 nitrogen and oxygen atoms in total. The maximum atomic E-state index is 5.70. The van der Waals surface area contributed by atoms with Gasteiger partial charge in [-0.15, -0.1) is 5.10 Å². The number of hydrogen-bond acceptors (Lipinski definition) is 8. The molecule has 3 N–H and O–H groups in total. The number of nitrogen functional groups attached to an aromatic ring is 1. The topological polar surface area (TPSA) is 91.5 Å². The number of ether oxygens (including phenoxy) is 3. The van der Waals surface area contributed by atoms with Crippen molar-refractivity contribution in [3.8, 4) is 17.2 Å². The summed E-state index contributed by atoms with van der Waals surface area (Å²) in [5.74, 6) is 7.04. The zero-order valence-electron chi connectivity index (χ0n) is 10.5. The van der Waals surface area contributed by atoms with Crippen LogP contribution in [0.15, 0.2) is 18.2 Å². The number of hydrazine groups is 1. The van der Waals surface area contributed by atoms with Gasteiger partial charge in [0.1, 0.15) is 12.3 Å². The van der Waals surface area contributed by atoms with E-state index >= 15 is 0 Å². The zero-order chi connectivity index (χ0) is 13.7. The van der Waals surface area contributed by atoms with E-state index in [4.69, 9.17) is 20.1 Å². The van der Waals surface area contributed by atoms with Crippen LogP contribution < -0.4 is 25.5 Å². The summed E-state index contributed by atoms with van der Waals surface area (Å²) in [4.78, 5) is 0. The van der Waals surface area contributed by atoms with Crippen molar-refractivity contribution in [1.82, 2.24) is 9.59 Å². The van der Waals surface area contributed by atoms with E-state index < -0.39 is 0 Å². The van der Waals surface area contributed by atoms with Crippen LogP contribution in [0.2, 0.25) is 0 Å². The Hall–Kier alpha value is -2.06. The molecule has 0 atom stereocenters. The average molecular weight is 282 g/mol. The first-order valence-electron chi connectivity index (χ1n) is 5.41. The standard InChI is InChI=1S/C11H14N4O3S/c1-16-8-4-3-5-9(17-2)10(8)18-6-7-11(13-12)19-15-14-7/h3-5,13H,6,12H2,1-2H3. The third kappa shape index (κ3) is 2.85. The molecule has 1 heterocycles. The number of nitrogens with zero attached hydrogens (tertiary/aromatic N) is 2. The van der Waals surface area contributed by atoms with Crippen LogP contribution in [0.1, 0.15) is 5.69 Å². The van der Waals surface area contributed by atoms with Crippen molar-refractivity contribution in [2.75, 3.05) is 19.6 Å². The molecule has 0 bridgehead atoms. The van der Waals surface area contributed by atoms with Gasteiger partial charge in [-0.1, -0.05) is 10.6 Å². The van der Waals surface area contributed by atoms with E-state index in [1.807, 2.05) is 6.07 Å². The first-order chi connectivity index (χ1) is 9.30. The molecule has 102 valence electrons. The fourth-order valence-electron chi connectivity index (χ4n) is 1.51. The molecular formula is C11H14N4O3S. The van der Waals surface area contributed by atoms with Crippen molar-refractivity contribution >= 4 is 16.5 Å². The molecule has 0 saturated carbocycles. The van der Waals surface area contributed by atoms with Crippen LogP contribution in [0.5, 0.6) is 17.2 Å². The number of aromatic nitrogens is 2. The first-order valence-corrected chi connectivity index (χ1v) is 6.19. The summed E-state index contributed by atoms with van der Waals surface area (Å²) < 4.78 is 20.0. The Bertz CT molecular complexity index is 524. The van der Waals surface area contributed by atoms with Crippen LogP contribution in [-0.4, -0.2) is 23.8 Å². The molecule has 19 heavy (non-hydrogen) atoms. The Morgan fingerprint density at radius 3 is 2.53 bits per heavy atom. The fourth-order valence-corrected chi connectivity index (χ4v) is 1.99. The summed E-state index contributed by atoms with van der Waals surface area (Å²) in [6, 6.07) is 5.40. The highest BCUT2D eigenvalue weighted by atomic mass is 32.1. The molecule has 0 radical (unpaired) electrons. The van der Waals surface area contributed by atoms with E-state index in [1.165, 1.54) is 0 Å². The van der Waals surface area contributed by atoms with Crippen molar-refractivity contribution in [2.24, 2.45) is 5.84 Å². The van der Waals surface area contributed by atoms with Crippen LogP contribution in [0.25, 0.3) is 0 Å². The third-order valence-electron chi connectivity index (χ3n) is 2.42. The molecule has 0 spiro atoms. The molecule has 0 fully saturated rings. The van der Waals surface area contributed by atoms with E-state index in [9.17, 15) is 0 Å². The molecule has 0 amide bonds. The summed E-state index contributed by atoms with van der Waals surface area (Å²) in [6.07, 6.45) is 0. The van der Waals surface area contributed by atoms with E-state index in [2.05, 4.69) is 15.0 Å². The summed E-state index contributed by atoms with van der Waals surface area (Å²) in [7, 11) is 3.14. The second-order valence-electron chi connectivity index (χ2n) is 3.47. The van der Waals surface area contributed by atoms with Gasteiger partial charge in [0.05, 0.1) is 14.2 Å². The molecule has 2 rings (SSSR count). The van der Waals surface area contributed by atoms with Crippen molar-refractivity contribution in [1.29, 1.82) is 0 Å². The summed E-state index contributed by atoms with van der Waals surface area (Å²) >= 11 is 1.16. The summed E-state index contributed by atoms with van der Waals surface area (Å²) in [6.45, 7) is 0.215. The lowest BCUT2D eigenvalue weighted by Gasteiger charge is -2.13. The third-order valence-corrected chi connectivity index (χ3v) is 3.12. The summed E-state index contributed by atoms with van der Waals surface area (Å²) in [5, 5.41) is 4.59. The lowest BCUT2D eigenvalue weighted by molar-refractivity contribution is 0.263. The lowest BCUT2D eigenvalue weighted by atomic mass is 10.3. The number of hydrogen-bond donors (Lipinski definition) is 2. The van der Waals surface area contributed by atoms with Crippen LogP contribution in [-0.2, 0) is 6.61 Å². The second kappa shape index (κ2) is 6.21. The maximum Gasteiger partial charge on any atom is 0.203 e. The Morgan fingerprint density at radius 2 is 1.95 bits per heavy atom. The van der Waals surface area contributed by atoms with E-state index in [0.29, 0.717) is 27.9 Å². The number of benzene rings is 1. The molecule has 0 unspecified atom stereocenters. The largest absolute Gasteiger partial charge is 0.493 e. The van der Waals surface area contributed by atoms with E-state index in [1.54, 1.807) is 26.4 Å². The highest BCUT2D eigenvalue weighted by Crippen LogP contribution is 2.37. The number of methoxy groups -OCH3 is 2. The van der Waals surface area contributed by atoms with Crippen molar-refractivity contribution in [2.45, 2.75) is 6.61 Å². The van der Waals surface area contributed by atoms with Crippen molar-refractivity contribution in [3.63, 3.8) is 0 Å². The first kappa shape index (κ1) is 13.4. The maximum absolute atomic E-state index is 5.70. The van der Waals surface area contributed by atoms with Gasteiger partial charge in [0.25, 0.3) is 0 Å². The molecular weight excluding hydrogens is 268 g/mol. The highest BCUT2D eigenvalue weighted by molar-refractivity contribution is 7.10. The number of para-hydroxylation sites is 1. The van der Waals surface area contributed by atoms with Crippen LogP contribution in [0.3, 0.4) is 0 Å². The average Bonchev–Trinajstić information content (AvgIpc) is 2.91. The Labute approximate surface area is 114 Å². The van der Waals surface area contributed by atoms with E-state index in [-0.39, 0.29) is 6.61 Å². The predicted molar refractivity (Wildman–Crippen MR) is 71.6 cm³/mol. The number of nitrogens with two attached hydrogens (primary N) is 1. The van der Waals surface area contributed by atoms with Gasteiger partial charge < -0.3 is 19.6 Å². The van der Waals surface area contributed by atoms with Crippen molar-refractivity contribution < 1.29 is 14.2 Å². The van der Waals surface area contributed by atoms with Crippen LogP contribution in [0, 0.1) is 0 Å². The quantitative estimate of drug-likeness (QED) is 0.611. The minimum absolute atomic E-state index is 0.215. The van der Waals surface area contributed by atoms with Crippen molar-refractivity contribution in [3.05, 3.63) is 23.9 Å². The second-order valence-corrected chi connectivity index (χ2v) is 4.23. The molecule has 0 saturated heterocycles. The summed E-state index contributed by atoms with van der Waals surface area (Å²) in [5.41, 5.74) is 3.15. The number of rotatable bonds is 6. The van der Waals surface area contributed by atoms with Gasteiger partial charge >= 0.3 is 0 Å². The van der Waals surface area contributed by atoms with E-state index in [0.717, 1.165) is 11.5 Å². The van der Waals surface area contributed by atoms with Gasteiger partial charge in [-0.25, -0.2) is 5.84 Å². The molecule has 2 aromatic rings. The monoisotopic (exact) mass is 282 g/mol. The SMILES string of the molecule is COc1cccc(OC)c1OCc1nnsc1NN. The van der Waals surface area contributed by atoms with Gasteiger partial charge in [0.15, 0.2) is 16.5 Å². The molecule has 0 aliphatic rings. The van der Waals surface area contributed by atoms with Crippen LogP contribution in [0.4, 0.5) is 5.00 Å². The molecule has 1 aromatic heterocycles. The Kier molecular flexibility index (Phi) is 4.37. The molecule has 0 aliphatic carbocycles. The molecule has 0 aliphatic heterocycles. The Morgan fingerprint density at radius 1 is 1.26 bits per heavy atom. The van der Waals surface area contributed by atoms with Gasteiger partial charge in [-0.2, -0.15) is 0 Å². The van der Waals surface area contributed by atoms with Gasteiger partial charge in [-0.3, -0.25) is 0 Å². The smallest absolute Gasteiger partial charge is 0.203 e. The normalized spacial score (nSPS) is 10.1. The molecule has 8 heteroatoms. The number of anilines is 1. The zero-order valence-corrected chi connectivity index (χ0v) is 11.4. The molecule has 1 aromatic carbocycles. The van der Waals surface area contributed by atoms with Crippen LogP contribution >= 0.6 is 11.5 Å². The number of nitrogens with one attached hydrogen (secondary N) is 1. The van der Waals surface area contributed by atoms with Gasteiger partial charge in [-0.05, 0) is 12.1 Å². The minimum atomic E-state index is 0.215. The lowest BCUT2D eigenvalue weighted by Crippen LogP contribution is -2.09. The Balaban J connectivity index is 2.19. The van der Waals surface area contributed by atoms with Gasteiger partial charge in [0, 0.05) is 11.5 Å². The predicted octanol–water partition coefficient (Wildman–Crippen LogP) is 1.42. The van der Waals surface area contributed by atoms with Gasteiger partial charge in [0.2, 0.25) is 5.75 Å². The minimum Gasteiger partial charge on any atom is -0.493 e.